The molecule has 1 aliphatic rings. The third kappa shape index (κ3) is 4.66. The molecule has 0 bridgehead atoms. The maximum atomic E-state index is 12.9. The first kappa shape index (κ1) is 19.4. The molecular weight excluding hydrogens is 367 g/mol. The van der Waals surface area contributed by atoms with E-state index < -0.39 is 0 Å². The van der Waals surface area contributed by atoms with Crippen LogP contribution in [-0.4, -0.2) is 25.0 Å². The highest BCUT2D eigenvalue weighted by molar-refractivity contribution is 7.17. The van der Waals surface area contributed by atoms with Crippen LogP contribution >= 0.6 is 11.3 Å². The Morgan fingerprint density at radius 1 is 1.30 bits per heavy atom. The highest BCUT2D eigenvalue weighted by Gasteiger charge is 2.29. The number of ether oxygens (including phenoxy) is 1. The average molecular weight is 390 g/mol. The Bertz CT molecular complexity index is 832. The first-order valence-corrected chi connectivity index (χ1v) is 9.90. The summed E-state index contributed by atoms with van der Waals surface area (Å²) in [6, 6.07) is 5.79. The first-order chi connectivity index (χ1) is 13.0. The van der Waals surface area contributed by atoms with Crippen LogP contribution in [0.3, 0.4) is 0 Å². The lowest BCUT2D eigenvalue weighted by Crippen LogP contribution is -2.22. The maximum Gasteiger partial charge on any atom is 0.341 e. The normalized spacial score (nSPS) is 15.7. The number of hydrogen-bond acceptors (Lipinski definition) is 5. The topological polar surface area (TPSA) is 67.4 Å². The number of amides is 1. The fraction of sp³-hybridized carbons (Fsp3) is 0.400. The molecule has 2 aromatic rings. The molecule has 1 atom stereocenters. The Labute approximate surface area is 161 Å². The molecule has 5 nitrogen and oxygen atoms in total. The SMILES string of the molecule is CCOC(=O)c1c(NC(=O)CNc2ccc(F)cc2)sc2c1CC[C@@H](C)C2. The van der Waals surface area contributed by atoms with Crippen molar-refractivity contribution in [1.82, 2.24) is 0 Å². The Morgan fingerprint density at radius 2 is 2.04 bits per heavy atom. The van der Waals surface area contributed by atoms with Gasteiger partial charge in [0.2, 0.25) is 5.91 Å². The summed E-state index contributed by atoms with van der Waals surface area (Å²) < 4.78 is 18.2. The van der Waals surface area contributed by atoms with Gasteiger partial charge in [0.05, 0.1) is 18.7 Å². The summed E-state index contributed by atoms with van der Waals surface area (Å²) in [6.45, 7) is 4.27. The van der Waals surface area contributed by atoms with Crippen LogP contribution < -0.4 is 10.6 Å². The predicted molar refractivity (Wildman–Crippen MR) is 105 cm³/mol. The molecule has 1 aromatic heterocycles. The molecule has 3 rings (SSSR count). The van der Waals surface area contributed by atoms with E-state index in [0.717, 1.165) is 29.7 Å². The molecule has 0 spiro atoms. The number of benzene rings is 1. The molecular formula is C20H23FN2O3S. The van der Waals surface area contributed by atoms with Gasteiger partial charge in [0.1, 0.15) is 10.8 Å². The van der Waals surface area contributed by atoms with Crippen LogP contribution in [0.2, 0.25) is 0 Å². The summed E-state index contributed by atoms with van der Waals surface area (Å²) >= 11 is 1.46. The van der Waals surface area contributed by atoms with Gasteiger partial charge in [-0.05, 0) is 61.9 Å². The lowest BCUT2D eigenvalue weighted by molar-refractivity contribution is -0.114. The third-order valence-corrected chi connectivity index (χ3v) is 5.71. The van der Waals surface area contributed by atoms with Crippen LogP contribution in [0.1, 0.15) is 41.1 Å². The molecule has 0 aliphatic heterocycles. The summed E-state index contributed by atoms with van der Waals surface area (Å²) in [7, 11) is 0. The largest absolute Gasteiger partial charge is 0.462 e. The van der Waals surface area contributed by atoms with Gasteiger partial charge in [-0.25, -0.2) is 9.18 Å². The van der Waals surface area contributed by atoms with Gasteiger partial charge in [-0.1, -0.05) is 6.92 Å². The number of nitrogens with one attached hydrogen (secondary N) is 2. The Morgan fingerprint density at radius 3 is 2.74 bits per heavy atom. The number of carbonyl (C=O) groups is 2. The van der Waals surface area contributed by atoms with E-state index >= 15 is 0 Å². The van der Waals surface area contributed by atoms with Gasteiger partial charge in [0.15, 0.2) is 0 Å². The van der Waals surface area contributed by atoms with E-state index in [9.17, 15) is 14.0 Å². The van der Waals surface area contributed by atoms with Crippen molar-refractivity contribution in [3.8, 4) is 0 Å². The summed E-state index contributed by atoms with van der Waals surface area (Å²) in [5, 5.41) is 6.34. The highest BCUT2D eigenvalue weighted by atomic mass is 32.1. The van der Waals surface area contributed by atoms with Crippen LogP contribution in [-0.2, 0) is 22.4 Å². The van der Waals surface area contributed by atoms with Crippen molar-refractivity contribution in [2.75, 3.05) is 23.8 Å². The van der Waals surface area contributed by atoms with E-state index in [4.69, 9.17) is 4.74 Å². The van der Waals surface area contributed by atoms with Crippen molar-refractivity contribution in [3.05, 3.63) is 46.1 Å². The molecule has 1 aromatic carbocycles. The molecule has 0 saturated carbocycles. The number of rotatable bonds is 6. The standard InChI is InChI=1S/C20H23FN2O3S/c1-3-26-20(25)18-15-9-4-12(2)10-16(15)27-19(18)23-17(24)11-22-14-7-5-13(21)6-8-14/h5-8,12,22H,3-4,9-11H2,1-2H3,(H,23,24)/t12-/m1/s1. The molecule has 0 unspecified atom stereocenters. The second-order valence-corrected chi connectivity index (χ2v) is 7.79. The van der Waals surface area contributed by atoms with Crippen LogP contribution in [0, 0.1) is 11.7 Å². The molecule has 7 heteroatoms. The zero-order valence-corrected chi connectivity index (χ0v) is 16.2. The van der Waals surface area contributed by atoms with E-state index in [1.165, 1.54) is 23.5 Å². The van der Waals surface area contributed by atoms with Crippen molar-refractivity contribution in [1.29, 1.82) is 0 Å². The number of esters is 1. The molecule has 144 valence electrons. The minimum Gasteiger partial charge on any atom is -0.462 e. The second-order valence-electron chi connectivity index (χ2n) is 6.68. The molecule has 1 amide bonds. The third-order valence-electron chi connectivity index (χ3n) is 4.54. The van der Waals surface area contributed by atoms with Crippen molar-refractivity contribution in [3.63, 3.8) is 0 Å². The van der Waals surface area contributed by atoms with Gasteiger partial charge >= 0.3 is 5.97 Å². The molecule has 0 fully saturated rings. The summed E-state index contributed by atoms with van der Waals surface area (Å²) in [5.74, 6) is -0.416. The van der Waals surface area contributed by atoms with Crippen LogP contribution in [0.15, 0.2) is 24.3 Å². The molecule has 0 saturated heterocycles. The monoisotopic (exact) mass is 390 g/mol. The van der Waals surface area contributed by atoms with E-state index in [2.05, 4.69) is 17.6 Å². The van der Waals surface area contributed by atoms with Crippen LogP contribution in [0.25, 0.3) is 0 Å². The number of carbonyl (C=O) groups excluding carboxylic acids is 2. The van der Waals surface area contributed by atoms with E-state index in [1.54, 1.807) is 19.1 Å². The summed E-state index contributed by atoms with van der Waals surface area (Å²) in [6.07, 6.45) is 2.76. The zero-order chi connectivity index (χ0) is 19.4. The summed E-state index contributed by atoms with van der Waals surface area (Å²) in [5.41, 5.74) is 2.16. The van der Waals surface area contributed by atoms with E-state index in [-0.39, 0.29) is 24.2 Å². The number of hydrogen-bond donors (Lipinski definition) is 2. The van der Waals surface area contributed by atoms with Crippen molar-refractivity contribution in [2.24, 2.45) is 5.92 Å². The highest BCUT2D eigenvalue weighted by Crippen LogP contribution is 2.40. The average Bonchev–Trinajstić information content (AvgIpc) is 2.98. The van der Waals surface area contributed by atoms with Crippen LogP contribution in [0.4, 0.5) is 15.1 Å². The molecule has 0 radical (unpaired) electrons. The lowest BCUT2D eigenvalue weighted by Gasteiger charge is -2.18. The fourth-order valence-corrected chi connectivity index (χ4v) is 4.59. The Kier molecular flexibility index (Phi) is 6.11. The quantitative estimate of drug-likeness (QED) is 0.724. The molecule has 1 aliphatic carbocycles. The number of anilines is 2. The van der Waals surface area contributed by atoms with Gasteiger partial charge in [-0.2, -0.15) is 0 Å². The molecule has 2 N–H and O–H groups in total. The van der Waals surface area contributed by atoms with Gasteiger partial charge in [-0.3, -0.25) is 4.79 Å². The minimum absolute atomic E-state index is 0.0207. The smallest absolute Gasteiger partial charge is 0.341 e. The van der Waals surface area contributed by atoms with Crippen LogP contribution in [0.5, 0.6) is 0 Å². The van der Waals surface area contributed by atoms with Crippen molar-refractivity contribution in [2.45, 2.75) is 33.1 Å². The first-order valence-electron chi connectivity index (χ1n) is 9.08. The molecule has 1 heterocycles. The Hall–Kier alpha value is -2.41. The zero-order valence-electron chi connectivity index (χ0n) is 15.4. The lowest BCUT2D eigenvalue weighted by atomic mass is 9.88. The Balaban J connectivity index is 1.73. The van der Waals surface area contributed by atoms with Gasteiger partial charge in [0.25, 0.3) is 0 Å². The number of fused-ring (bicyclic) bond motifs is 1. The summed E-state index contributed by atoms with van der Waals surface area (Å²) in [4.78, 5) is 26.0. The van der Waals surface area contributed by atoms with Crippen molar-refractivity contribution < 1.29 is 18.7 Å². The minimum atomic E-state index is -0.383. The van der Waals surface area contributed by atoms with E-state index in [1.807, 2.05) is 0 Å². The molecule has 27 heavy (non-hydrogen) atoms. The predicted octanol–water partition coefficient (Wildman–Crippen LogP) is 4.24. The van der Waals surface area contributed by atoms with Crippen molar-refractivity contribution >= 4 is 33.9 Å². The number of thiophene rings is 1. The second kappa shape index (κ2) is 8.52. The van der Waals surface area contributed by atoms with Gasteiger partial charge < -0.3 is 15.4 Å². The maximum absolute atomic E-state index is 12.9. The van der Waals surface area contributed by atoms with Gasteiger partial charge in [-0.15, -0.1) is 11.3 Å². The number of halogens is 1. The van der Waals surface area contributed by atoms with E-state index in [0.29, 0.717) is 28.8 Å². The fourth-order valence-electron chi connectivity index (χ4n) is 3.18. The van der Waals surface area contributed by atoms with Gasteiger partial charge in [0, 0.05) is 10.6 Å².